The zero-order valence-electron chi connectivity index (χ0n) is 13.1. The number of hydrogen-bond donors (Lipinski definition) is 0. The molecule has 0 saturated carbocycles. The van der Waals surface area contributed by atoms with Gasteiger partial charge in [0.25, 0.3) is 0 Å². The number of alkyl halides is 3. The molecule has 0 radical (unpaired) electrons. The van der Waals surface area contributed by atoms with Gasteiger partial charge in [0.1, 0.15) is 5.60 Å². The largest absolute Gasteiger partial charge is 0.442 e. The molecule has 8 heteroatoms. The van der Waals surface area contributed by atoms with Crippen LogP contribution in [0.2, 0.25) is 0 Å². The summed E-state index contributed by atoms with van der Waals surface area (Å²) in [7, 11) is 0. The first-order valence-electron chi connectivity index (χ1n) is 6.82. The van der Waals surface area contributed by atoms with E-state index in [1.807, 2.05) is 0 Å². The normalized spacial score (nSPS) is 12.3. The molecule has 0 saturated heterocycles. The Bertz CT molecular complexity index is 730. The van der Waals surface area contributed by atoms with E-state index in [1.165, 1.54) is 6.07 Å². The van der Waals surface area contributed by atoms with Gasteiger partial charge in [0.05, 0.1) is 11.4 Å². The lowest BCUT2D eigenvalue weighted by atomic mass is 10.2. The molecule has 0 atom stereocenters. The van der Waals surface area contributed by atoms with Crippen LogP contribution < -0.4 is 0 Å². The second kappa shape index (κ2) is 5.68. The fourth-order valence-corrected chi connectivity index (χ4v) is 1.83. The van der Waals surface area contributed by atoms with Crippen molar-refractivity contribution in [1.29, 1.82) is 0 Å². The fourth-order valence-electron chi connectivity index (χ4n) is 1.83. The summed E-state index contributed by atoms with van der Waals surface area (Å²) in [5, 5.41) is 3.35. The van der Waals surface area contributed by atoms with Gasteiger partial charge in [0.15, 0.2) is 5.69 Å². The highest BCUT2D eigenvalue weighted by molar-refractivity contribution is 5.76. The Balaban J connectivity index is 2.56. The number of ether oxygens (including phenoxy) is 1. The summed E-state index contributed by atoms with van der Waals surface area (Å²) in [5.74, 6) is 0. The van der Waals surface area contributed by atoms with Crippen molar-refractivity contribution < 1.29 is 22.7 Å². The van der Waals surface area contributed by atoms with Crippen molar-refractivity contribution in [2.75, 3.05) is 0 Å². The SMILES string of the molecule is Cc1cccc(-c2cc(C(F)(F)F)nn2C(=O)OC(C)(C)C)n1. The zero-order chi connectivity index (χ0) is 17.4. The third-order valence-electron chi connectivity index (χ3n) is 2.72. The van der Waals surface area contributed by atoms with Crippen molar-refractivity contribution in [1.82, 2.24) is 14.8 Å². The summed E-state index contributed by atoms with van der Waals surface area (Å²) in [4.78, 5) is 16.3. The Morgan fingerprint density at radius 1 is 1.22 bits per heavy atom. The van der Waals surface area contributed by atoms with E-state index in [1.54, 1.807) is 39.8 Å². The first kappa shape index (κ1) is 17.0. The number of carbonyl (C=O) groups is 1. The molecule has 0 aliphatic carbocycles. The third-order valence-corrected chi connectivity index (χ3v) is 2.72. The van der Waals surface area contributed by atoms with Crippen molar-refractivity contribution in [2.24, 2.45) is 0 Å². The van der Waals surface area contributed by atoms with Gasteiger partial charge in [-0.25, -0.2) is 4.79 Å². The zero-order valence-corrected chi connectivity index (χ0v) is 13.1. The molecule has 2 rings (SSSR count). The maximum atomic E-state index is 12.9. The molecule has 2 aromatic rings. The van der Waals surface area contributed by atoms with E-state index >= 15 is 0 Å². The van der Waals surface area contributed by atoms with E-state index in [-0.39, 0.29) is 11.4 Å². The Hall–Kier alpha value is -2.38. The average Bonchev–Trinajstić information content (AvgIpc) is 2.81. The van der Waals surface area contributed by atoms with Crippen molar-refractivity contribution >= 4 is 6.09 Å². The molecule has 0 amide bonds. The minimum absolute atomic E-state index is 0.0738. The van der Waals surface area contributed by atoms with Crippen LogP contribution in [0.15, 0.2) is 24.3 Å². The lowest BCUT2D eigenvalue weighted by Crippen LogP contribution is -2.28. The molecule has 0 spiro atoms. The smallest absolute Gasteiger partial charge is 0.435 e. The molecule has 124 valence electrons. The Morgan fingerprint density at radius 2 is 1.87 bits per heavy atom. The molecule has 0 aliphatic rings. The maximum Gasteiger partial charge on any atom is 0.435 e. The van der Waals surface area contributed by atoms with Gasteiger partial charge in [0, 0.05) is 5.69 Å². The molecular weight excluding hydrogens is 311 g/mol. The van der Waals surface area contributed by atoms with Crippen LogP contribution >= 0.6 is 0 Å². The molecule has 0 aromatic carbocycles. The minimum Gasteiger partial charge on any atom is -0.442 e. The molecule has 0 unspecified atom stereocenters. The van der Waals surface area contributed by atoms with Crippen LogP contribution in [0.1, 0.15) is 32.2 Å². The number of aromatic nitrogens is 3. The maximum absolute atomic E-state index is 12.9. The quantitative estimate of drug-likeness (QED) is 0.793. The van der Waals surface area contributed by atoms with Crippen LogP contribution in [-0.4, -0.2) is 26.5 Å². The monoisotopic (exact) mass is 327 g/mol. The standard InChI is InChI=1S/C15H16F3N3O2/c1-9-6-5-7-10(19-9)11-8-12(15(16,17)18)20-21(11)13(22)23-14(2,3)4/h5-8H,1-4H3. The summed E-state index contributed by atoms with van der Waals surface area (Å²) < 4.78 is 44.5. The Morgan fingerprint density at radius 3 is 2.39 bits per heavy atom. The molecule has 5 nitrogen and oxygen atoms in total. The molecule has 0 bridgehead atoms. The van der Waals surface area contributed by atoms with Gasteiger partial charge in [-0.2, -0.15) is 23.0 Å². The average molecular weight is 327 g/mol. The van der Waals surface area contributed by atoms with E-state index in [2.05, 4.69) is 10.1 Å². The highest BCUT2D eigenvalue weighted by Crippen LogP contribution is 2.31. The van der Waals surface area contributed by atoms with Gasteiger partial charge < -0.3 is 4.74 Å². The van der Waals surface area contributed by atoms with Gasteiger partial charge in [-0.15, -0.1) is 0 Å². The predicted octanol–water partition coefficient (Wildman–Crippen LogP) is 4.06. The number of nitrogens with zero attached hydrogens (tertiary/aromatic N) is 3. The summed E-state index contributed by atoms with van der Waals surface area (Å²) in [6.45, 7) is 6.54. The molecule has 0 N–H and O–H groups in total. The van der Waals surface area contributed by atoms with Crippen molar-refractivity contribution in [3.63, 3.8) is 0 Å². The second-order valence-corrected chi connectivity index (χ2v) is 5.97. The van der Waals surface area contributed by atoms with Crippen molar-refractivity contribution in [3.05, 3.63) is 35.7 Å². The molecule has 2 aromatic heterocycles. The first-order chi connectivity index (χ1) is 10.5. The second-order valence-electron chi connectivity index (χ2n) is 5.97. The molecule has 2 heterocycles. The van der Waals surface area contributed by atoms with Crippen LogP contribution in [0.5, 0.6) is 0 Å². The molecule has 0 fully saturated rings. The summed E-state index contributed by atoms with van der Waals surface area (Å²) in [6.07, 6.45) is -5.67. The van der Waals surface area contributed by atoms with Crippen LogP contribution in [0.25, 0.3) is 11.4 Å². The van der Waals surface area contributed by atoms with Crippen LogP contribution in [-0.2, 0) is 10.9 Å². The van der Waals surface area contributed by atoms with E-state index in [0.29, 0.717) is 10.4 Å². The number of carbonyl (C=O) groups excluding carboxylic acids is 1. The minimum atomic E-state index is -4.67. The fraction of sp³-hybridized carbons (Fsp3) is 0.400. The molecular formula is C15H16F3N3O2. The molecule has 23 heavy (non-hydrogen) atoms. The molecule has 0 aliphatic heterocycles. The van der Waals surface area contributed by atoms with E-state index in [0.717, 1.165) is 6.07 Å². The lowest BCUT2D eigenvalue weighted by molar-refractivity contribution is -0.141. The van der Waals surface area contributed by atoms with Crippen molar-refractivity contribution in [2.45, 2.75) is 39.5 Å². The highest BCUT2D eigenvalue weighted by atomic mass is 19.4. The summed E-state index contributed by atoms with van der Waals surface area (Å²) >= 11 is 0. The summed E-state index contributed by atoms with van der Waals surface area (Å²) in [6, 6.07) is 5.62. The van der Waals surface area contributed by atoms with Crippen molar-refractivity contribution in [3.8, 4) is 11.4 Å². The number of rotatable bonds is 1. The van der Waals surface area contributed by atoms with Gasteiger partial charge in [-0.3, -0.25) is 4.98 Å². The number of pyridine rings is 1. The Kier molecular flexibility index (Phi) is 4.19. The van der Waals surface area contributed by atoms with Gasteiger partial charge >= 0.3 is 12.3 Å². The lowest BCUT2D eigenvalue weighted by Gasteiger charge is -2.19. The van der Waals surface area contributed by atoms with E-state index < -0.39 is 23.6 Å². The van der Waals surface area contributed by atoms with E-state index in [4.69, 9.17) is 4.74 Å². The third kappa shape index (κ3) is 4.08. The Labute approximate surface area is 131 Å². The summed E-state index contributed by atoms with van der Waals surface area (Å²) in [5.41, 5.74) is -1.30. The number of hydrogen-bond acceptors (Lipinski definition) is 4. The number of halogens is 3. The number of aryl methyl sites for hydroxylation is 1. The van der Waals surface area contributed by atoms with Gasteiger partial charge in [-0.1, -0.05) is 6.07 Å². The van der Waals surface area contributed by atoms with Crippen LogP contribution in [0, 0.1) is 6.92 Å². The van der Waals surface area contributed by atoms with E-state index in [9.17, 15) is 18.0 Å². The van der Waals surface area contributed by atoms with Crippen LogP contribution in [0.4, 0.5) is 18.0 Å². The predicted molar refractivity (Wildman–Crippen MR) is 76.8 cm³/mol. The first-order valence-corrected chi connectivity index (χ1v) is 6.82. The topological polar surface area (TPSA) is 57.0 Å². The van der Waals surface area contributed by atoms with Crippen LogP contribution in [0.3, 0.4) is 0 Å². The van der Waals surface area contributed by atoms with Gasteiger partial charge in [0.2, 0.25) is 0 Å². The highest BCUT2D eigenvalue weighted by Gasteiger charge is 2.36. The van der Waals surface area contributed by atoms with Gasteiger partial charge in [-0.05, 0) is 45.9 Å².